The summed E-state index contributed by atoms with van der Waals surface area (Å²) in [4.78, 5) is 2.39. The van der Waals surface area contributed by atoms with Gasteiger partial charge in [-0.1, -0.05) is 153 Å². The van der Waals surface area contributed by atoms with E-state index in [0.29, 0.717) is 5.92 Å². The fourth-order valence-corrected chi connectivity index (χ4v) is 10.4. The average Bonchev–Trinajstić information content (AvgIpc) is 3.79. The molecule has 9 aromatic carbocycles. The van der Waals surface area contributed by atoms with Gasteiger partial charge in [0.05, 0.1) is 0 Å². The van der Waals surface area contributed by atoms with E-state index >= 15 is 0 Å². The molecule has 0 bridgehead atoms. The molecule has 2 heteroatoms. The second-order valence-electron chi connectivity index (χ2n) is 16.8. The smallest absolute Gasteiger partial charge is 0.144 e. The van der Waals surface area contributed by atoms with Gasteiger partial charge >= 0.3 is 0 Å². The number of hydrogen-bond donors (Lipinski definition) is 0. The fourth-order valence-electron chi connectivity index (χ4n) is 10.4. The number of benzene rings is 9. The van der Waals surface area contributed by atoms with Crippen LogP contribution in [-0.2, 0) is 5.41 Å². The summed E-state index contributed by atoms with van der Waals surface area (Å²) in [5, 5.41) is 10.0. The van der Waals surface area contributed by atoms with E-state index in [-0.39, 0.29) is 5.41 Å². The number of furan rings is 1. The van der Waals surface area contributed by atoms with Gasteiger partial charge in [0, 0.05) is 44.7 Å². The van der Waals surface area contributed by atoms with Crippen LogP contribution in [0.3, 0.4) is 0 Å². The average molecular weight is 756 g/mol. The third-order valence-electron chi connectivity index (χ3n) is 13.1. The Kier molecular flexibility index (Phi) is 7.43. The van der Waals surface area contributed by atoms with Gasteiger partial charge in [-0.05, 0) is 127 Å². The Bertz CT molecular complexity index is 3380. The van der Waals surface area contributed by atoms with Gasteiger partial charge in [-0.2, -0.15) is 0 Å². The van der Waals surface area contributed by atoms with E-state index in [9.17, 15) is 0 Å². The first-order valence-corrected chi connectivity index (χ1v) is 20.8. The Hall–Kier alpha value is -7.16. The largest absolute Gasteiger partial charge is 0.455 e. The Labute approximate surface area is 344 Å². The summed E-state index contributed by atoms with van der Waals surface area (Å²) < 4.78 is 7.03. The maximum absolute atomic E-state index is 7.03. The first-order valence-electron chi connectivity index (χ1n) is 20.8. The molecule has 0 spiro atoms. The van der Waals surface area contributed by atoms with Crippen molar-refractivity contribution in [1.82, 2.24) is 0 Å². The summed E-state index contributed by atoms with van der Waals surface area (Å²) in [6, 6.07) is 62.6. The molecule has 12 rings (SSSR count). The van der Waals surface area contributed by atoms with Crippen LogP contribution in [0.1, 0.15) is 42.9 Å². The van der Waals surface area contributed by atoms with Crippen LogP contribution in [-0.4, -0.2) is 0 Å². The van der Waals surface area contributed by atoms with Crippen LogP contribution in [0, 0.1) is 0 Å². The van der Waals surface area contributed by atoms with Crippen LogP contribution < -0.4 is 4.90 Å². The zero-order valence-electron chi connectivity index (χ0n) is 33.1. The predicted octanol–water partition coefficient (Wildman–Crippen LogP) is 16.1. The van der Waals surface area contributed by atoms with Crippen LogP contribution in [0.2, 0.25) is 0 Å². The van der Waals surface area contributed by atoms with Gasteiger partial charge < -0.3 is 9.32 Å². The zero-order valence-corrected chi connectivity index (χ0v) is 33.1. The Morgan fingerprint density at radius 1 is 0.542 bits per heavy atom. The lowest BCUT2D eigenvalue weighted by molar-refractivity contribution is 0.657. The number of allylic oxidation sites excluding steroid dienone is 4. The van der Waals surface area contributed by atoms with Crippen molar-refractivity contribution in [3.8, 4) is 22.3 Å². The van der Waals surface area contributed by atoms with Crippen molar-refractivity contribution in [2.45, 2.75) is 31.6 Å². The first-order chi connectivity index (χ1) is 29.0. The molecule has 10 aromatic rings. The molecule has 59 heavy (non-hydrogen) atoms. The van der Waals surface area contributed by atoms with Crippen molar-refractivity contribution in [2.75, 3.05) is 4.90 Å². The molecule has 0 aliphatic heterocycles. The summed E-state index contributed by atoms with van der Waals surface area (Å²) in [7, 11) is 0. The number of para-hydroxylation sites is 1. The Morgan fingerprint density at radius 3 is 2.03 bits per heavy atom. The molecule has 0 fully saturated rings. The summed E-state index contributed by atoms with van der Waals surface area (Å²) in [5.41, 5.74) is 13.9. The minimum Gasteiger partial charge on any atom is -0.455 e. The second-order valence-corrected chi connectivity index (χ2v) is 16.8. The van der Waals surface area contributed by atoms with Gasteiger partial charge in [-0.25, -0.2) is 0 Å². The van der Waals surface area contributed by atoms with Gasteiger partial charge in [0.15, 0.2) is 0 Å². The van der Waals surface area contributed by atoms with Crippen LogP contribution in [0.15, 0.2) is 199 Å². The molecule has 1 heterocycles. The minimum atomic E-state index is -0.234. The third kappa shape index (κ3) is 5.12. The molecule has 2 aliphatic rings. The lowest BCUT2D eigenvalue weighted by atomic mass is 9.79. The molecule has 0 saturated carbocycles. The fraction of sp³-hybridized carbons (Fsp3) is 0.0877. The highest BCUT2D eigenvalue weighted by molar-refractivity contribution is 6.25. The molecule has 1 unspecified atom stereocenters. The van der Waals surface area contributed by atoms with Crippen molar-refractivity contribution < 1.29 is 4.42 Å². The van der Waals surface area contributed by atoms with Crippen molar-refractivity contribution in [3.05, 3.63) is 211 Å². The van der Waals surface area contributed by atoms with Gasteiger partial charge in [-0.15, -0.1) is 0 Å². The van der Waals surface area contributed by atoms with Gasteiger partial charge in [0.2, 0.25) is 0 Å². The van der Waals surface area contributed by atoms with E-state index in [1.165, 1.54) is 82.0 Å². The highest BCUT2D eigenvalue weighted by Gasteiger charge is 2.40. The van der Waals surface area contributed by atoms with E-state index < -0.39 is 0 Å². The lowest BCUT2D eigenvalue weighted by Gasteiger charge is -2.27. The number of nitrogens with zero attached hydrogens (tertiary/aromatic N) is 1. The van der Waals surface area contributed by atoms with E-state index in [1.807, 2.05) is 0 Å². The normalized spacial score (nSPS) is 15.4. The molecule has 1 aromatic heterocycles. The Balaban J connectivity index is 1.04. The molecule has 0 N–H and O–H groups in total. The summed E-state index contributed by atoms with van der Waals surface area (Å²) in [6.45, 7) is 4.76. The van der Waals surface area contributed by atoms with E-state index in [0.717, 1.165) is 34.6 Å². The highest BCUT2D eigenvalue weighted by Crippen LogP contribution is 2.57. The minimum absolute atomic E-state index is 0.234. The van der Waals surface area contributed by atoms with Crippen LogP contribution in [0.4, 0.5) is 17.1 Å². The summed E-state index contributed by atoms with van der Waals surface area (Å²) in [5.74, 6) is 0.363. The van der Waals surface area contributed by atoms with Crippen LogP contribution >= 0.6 is 0 Å². The summed E-state index contributed by atoms with van der Waals surface area (Å²) in [6.07, 6.45) is 9.91. The maximum Gasteiger partial charge on any atom is 0.144 e. The molecular formula is C57H41NO. The lowest BCUT2D eigenvalue weighted by Crippen LogP contribution is -2.16. The predicted molar refractivity (Wildman–Crippen MR) is 250 cm³/mol. The zero-order chi connectivity index (χ0) is 39.2. The standard InChI is InChI=1S/C57H41NO/c1-57(2)51-31-30-42(35-49(51)54-55(57)47-24-14-13-23-46(47)53-50-33-38(36-15-5-3-6-16-36)27-32-52(50)59-56(53)54)58(40-18-7-4-8-19-40)41-28-25-37(26-29-41)48-34-39-17-9-10-20-43(39)44-21-11-12-22-45(44)48/h3-15,17-36H,16H2,1-2H3. The number of anilines is 3. The molecule has 2 aliphatic carbocycles. The molecule has 280 valence electrons. The Morgan fingerprint density at radius 2 is 1.24 bits per heavy atom. The van der Waals surface area contributed by atoms with Crippen LogP contribution in [0.25, 0.3) is 76.5 Å². The second kappa shape index (κ2) is 12.9. The number of fused-ring (bicyclic) bond motifs is 13. The van der Waals surface area contributed by atoms with Gasteiger partial charge in [0.1, 0.15) is 11.2 Å². The number of rotatable bonds is 5. The molecule has 0 saturated heterocycles. The molecule has 2 nitrogen and oxygen atoms in total. The highest BCUT2D eigenvalue weighted by atomic mass is 16.3. The van der Waals surface area contributed by atoms with Crippen molar-refractivity contribution in [1.29, 1.82) is 0 Å². The van der Waals surface area contributed by atoms with E-state index in [4.69, 9.17) is 4.42 Å². The van der Waals surface area contributed by atoms with Crippen molar-refractivity contribution in [2.24, 2.45) is 0 Å². The molecule has 0 radical (unpaired) electrons. The van der Waals surface area contributed by atoms with Crippen molar-refractivity contribution >= 4 is 71.3 Å². The topological polar surface area (TPSA) is 16.4 Å². The SMILES string of the molecule is CC1(C)c2ccc(N(c3ccccc3)c3ccc(-c4cc5ccccc5c5ccccc45)cc3)cc2-c2c1c1ccccc1c1c2oc2ccc(C3C=CC=CC3)cc21. The number of hydrogen-bond acceptors (Lipinski definition) is 2. The van der Waals surface area contributed by atoms with E-state index in [2.05, 4.69) is 213 Å². The molecule has 1 atom stereocenters. The molecular weight excluding hydrogens is 715 g/mol. The van der Waals surface area contributed by atoms with E-state index in [1.54, 1.807) is 0 Å². The third-order valence-corrected chi connectivity index (χ3v) is 13.1. The van der Waals surface area contributed by atoms with Gasteiger partial charge in [0.25, 0.3) is 0 Å². The van der Waals surface area contributed by atoms with Crippen molar-refractivity contribution in [3.63, 3.8) is 0 Å². The maximum atomic E-state index is 7.03. The van der Waals surface area contributed by atoms with Crippen LogP contribution in [0.5, 0.6) is 0 Å². The summed E-state index contributed by atoms with van der Waals surface area (Å²) >= 11 is 0. The first kappa shape index (κ1) is 33.9. The monoisotopic (exact) mass is 755 g/mol. The molecule has 0 amide bonds. The van der Waals surface area contributed by atoms with Gasteiger partial charge in [-0.3, -0.25) is 0 Å². The quantitative estimate of drug-likeness (QED) is 0.163.